The van der Waals surface area contributed by atoms with Crippen molar-refractivity contribution in [3.8, 4) is 0 Å². The average molecular weight is 292 g/mol. The van der Waals surface area contributed by atoms with Gasteiger partial charge in [-0.2, -0.15) is 0 Å². The minimum absolute atomic E-state index is 0.0417. The van der Waals surface area contributed by atoms with Crippen molar-refractivity contribution < 1.29 is 13.2 Å². The van der Waals surface area contributed by atoms with Gasteiger partial charge in [0.15, 0.2) is 0 Å². The zero-order chi connectivity index (χ0) is 15.5. The van der Waals surface area contributed by atoms with E-state index < -0.39 is 10.0 Å². The zero-order valence-corrected chi connectivity index (χ0v) is 13.6. The van der Waals surface area contributed by atoms with Crippen molar-refractivity contribution in [1.82, 2.24) is 9.62 Å². The Morgan fingerprint density at radius 3 is 1.95 bits per heavy atom. The SMILES string of the molecule is C=CS(=O)(=O)NC1CCN(C(C)=O)CC1.CC.CC. The lowest BCUT2D eigenvalue weighted by atomic mass is 10.1. The molecule has 6 heteroatoms. The molecule has 114 valence electrons. The number of amides is 1. The van der Waals surface area contributed by atoms with Crippen LogP contribution in [0.1, 0.15) is 47.5 Å². The maximum absolute atomic E-state index is 11.2. The summed E-state index contributed by atoms with van der Waals surface area (Å²) < 4.78 is 24.9. The molecule has 19 heavy (non-hydrogen) atoms. The molecular weight excluding hydrogens is 264 g/mol. The minimum atomic E-state index is -3.35. The van der Waals surface area contributed by atoms with E-state index in [0.29, 0.717) is 25.9 Å². The first-order chi connectivity index (χ1) is 8.94. The molecule has 5 nitrogen and oxygen atoms in total. The lowest BCUT2D eigenvalue weighted by molar-refractivity contribution is -0.129. The Balaban J connectivity index is 0. The fraction of sp³-hybridized carbons (Fsp3) is 0.769. The highest BCUT2D eigenvalue weighted by atomic mass is 32.2. The lowest BCUT2D eigenvalue weighted by Crippen LogP contribution is -2.45. The third-order valence-electron chi connectivity index (χ3n) is 2.49. The van der Waals surface area contributed by atoms with Crippen molar-refractivity contribution in [2.24, 2.45) is 0 Å². The first-order valence-electron chi connectivity index (χ1n) is 6.85. The normalized spacial score (nSPS) is 15.5. The molecule has 0 aromatic rings. The van der Waals surface area contributed by atoms with E-state index in [1.165, 1.54) is 6.92 Å². The fourth-order valence-corrected chi connectivity index (χ4v) is 2.39. The maximum Gasteiger partial charge on any atom is 0.233 e. The van der Waals surface area contributed by atoms with Crippen LogP contribution in [-0.4, -0.2) is 38.4 Å². The van der Waals surface area contributed by atoms with Crippen LogP contribution in [-0.2, 0) is 14.8 Å². The van der Waals surface area contributed by atoms with Gasteiger partial charge in [-0.05, 0) is 12.8 Å². The van der Waals surface area contributed by atoms with Crippen molar-refractivity contribution >= 4 is 15.9 Å². The topological polar surface area (TPSA) is 66.5 Å². The number of rotatable bonds is 3. The average Bonchev–Trinajstić information content (AvgIpc) is 2.43. The summed E-state index contributed by atoms with van der Waals surface area (Å²) in [5, 5.41) is 0.907. The molecule has 1 amide bonds. The Morgan fingerprint density at radius 1 is 1.21 bits per heavy atom. The highest BCUT2D eigenvalue weighted by molar-refractivity contribution is 7.92. The summed E-state index contributed by atoms with van der Waals surface area (Å²) in [5.74, 6) is 0.0417. The fourth-order valence-electron chi connectivity index (χ4n) is 1.59. The van der Waals surface area contributed by atoms with Crippen LogP contribution in [0.2, 0.25) is 0 Å². The molecular formula is C13H28N2O3S. The van der Waals surface area contributed by atoms with Crippen molar-refractivity contribution in [2.75, 3.05) is 13.1 Å². The standard InChI is InChI=1S/C9H16N2O3S.2C2H6/c1-3-15(13,14)10-9-4-6-11(7-5-9)8(2)12;2*1-2/h3,9-10H,1,4-7H2,2H3;2*1-2H3. The zero-order valence-electron chi connectivity index (χ0n) is 12.8. The predicted molar refractivity (Wildman–Crippen MR) is 80.2 cm³/mol. The molecule has 0 atom stereocenters. The summed E-state index contributed by atoms with van der Waals surface area (Å²) in [6, 6.07) is -0.0800. The number of nitrogens with zero attached hydrogens (tertiary/aromatic N) is 1. The van der Waals surface area contributed by atoms with E-state index in [-0.39, 0.29) is 11.9 Å². The highest BCUT2D eigenvalue weighted by Gasteiger charge is 2.22. The van der Waals surface area contributed by atoms with E-state index in [0.717, 1.165) is 5.41 Å². The smallest absolute Gasteiger partial charge is 0.233 e. The van der Waals surface area contributed by atoms with E-state index in [2.05, 4.69) is 11.3 Å². The number of carbonyl (C=O) groups excluding carboxylic acids is 1. The maximum atomic E-state index is 11.2. The third-order valence-corrected chi connectivity index (χ3v) is 3.59. The van der Waals surface area contributed by atoms with E-state index in [1.54, 1.807) is 4.90 Å². The van der Waals surface area contributed by atoms with Gasteiger partial charge < -0.3 is 4.90 Å². The van der Waals surface area contributed by atoms with E-state index >= 15 is 0 Å². The van der Waals surface area contributed by atoms with Gasteiger partial charge in [-0.15, -0.1) is 0 Å². The highest BCUT2D eigenvalue weighted by Crippen LogP contribution is 2.11. The molecule has 0 aromatic carbocycles. The number of hydrogen-bond donors (Lipinski definition) is 1. The number of piperidine rings is 1. The summed E-state index contributed by atoms with van der Waals surface area (Å²) in [5.41, 5.74) is 0. The molecule has 1 aliphatic heterocycles. The van der Waals surface area contributed by atoms with Crippen LogP contribution >= 0.6 is 0 Å². The van der Waals surface area contributed by atoms with E-state index in [9.17, 15) is 13.2 Å². The lowest BCUT2D eigenvalue weighted by Gasteiger charge is -2.31. The summed E-state index contributed by atoms with van der Waals surface area (Å²) in [4.78, 5) is 12.7. The number of likely N-dealkylation sites (tertiary alicyclic amines) is 1. The van der Waals surface area contributed by atoms with Crippen LogP contribution in [0.25, 0.3) is 0 Å². The number of hydrogen-bond acceptors (Lipinski definition) is 3. The summed E-state index contributed by atoms with van der Waals surface area (Å²) in [6.45, 7) is 14.0. The molecule has 0 aliphatic carbocycles. The van der Waals surface area contributed by atoms with Gasteiger partial charge in [-0.25, -0.2) is 13.1 Å². The molecule has 1 rings (SSSR count). The molecule has 1 aliphatic rings. The van der Waals surface area contributed by atoms with E-state index in [4.69, 9.17) is 0 Å². The number of carbonyl (C=O) groups is 1. The second-order valence-corrected chi connectivity index (χ2v) is 5.27. The molecule has 0 bridgehead atoms. The Labute approximate surface area is 118 Å². The quantitative estimate of drug-likeness (QED) is 0.866. The Bertz CT molecular complexity index is 345. The van der Waals surface area contributed by atoms with Crippen molar-refractivity contribution in [1.29, 1.82) is 0 Å². The first-order valence-corrected chi connectivity index (χ1v) is 8.39. The van der Waals surface area contributed by atoms with Crippen molar-refractivity contribution in [2.45, 2.75) is 53.5 Å². The van der Waals surface area contributed by atoms with Gasteiger partial charge in [0, 0.05) is 31.5 Å². The van der Waals surface area contributed by atoms with Gasteiger partial charge in [0.2, 0.25) is 15.9 Å². The molecule has 1 saturated heterocycles. The molecule has 0 spiro atoms. The number of nitrogens with one attached hydrogen (secondary N) is 1. The van der Waals surface area contributed by atoms with Crippen LogP contribution < -0.4 is 4.72 Å². The minimum Gasteiger partial charge on any atom is -0.343 e. The van der Waals surface area contributed by atoms with Crippen molar-refractivity contribution in [3.63, 3.8) is 0 Å². The first kappa shape index (κ1) is 20.4. The molecule has 1 fully saturated rings. The Hall–Kier alpha value is -0.880. The Morgan fingerprint density at radius 2 is 1.63 bits per heavy atom. The second-order valence-electron chi connectivity index (χ2n) is 3.61. The van der Waals surface area contributed by atoms with Crippen LogP contribution in [0.4, 0.5) is 0 Å². The van der Waals surface area contributed by atoms with Gasteiger partial charge in [-0.1, -0.05) is 34.3 Å². The van der Waals surface area contributed by atoms with Gasteiger partial charge in [0.25, 0.3) is 0 Å². The van der Waals surface area contributed by atoms with Crippen LogP contribution in [0.15, 0.2) is 12.0 Å². The van der Waals surface area contributed by atoms with Crippen LogP contribution in [0.5, 0.6) is 0 Å². The molecule has 1 N–H and O–H groups in total. The van der Waals surface area contributed by atoms with Gasteiger partial charge >= 0.3 is 0 Å². The summed E-state index contributed by atoms with van der Waals surface area (Å²) in [7, 11) is -3.35. The predicted octanol–water partition coefficient (Wildman–Crippen LogP) is 2.11. The second kappa shape index (κ2) is 11.0. The van der Waals surface area contributed by atoms with E-state index in [1.807, 2.05) is 27.7 Å². The van der Waals surface area contributed by atoms with Crippen molar-refractivity contribution in [3.05, 3.63) is 12.0 Å². The molecule has 0 aromatic heterocycles. The largest absolute Gasteiger partial charge is 0.343 e. The Kier molecular flexibility index (Phi) is 11.8. The number of sulfonamides is 1. The van der Waals surface area contributed by atoms with Crippen LogP contribution in [0, 0.1) is 0 Å². The monoisotopic (exact) mass is 292 g/mol. The van der Waals surface area contributed by atoms with Gasteiger partial charge in [-0.3, -0.25) is 4.79 Å². The summed E-state index contributed by atoms with van der Waals surface area (Å²) >= 11 is 0. The third kappa shape index (κ3) is 8.77. The molecule has 0 saturated carbocycles. The molecule has 0 unspecified atom stereocenters. The molecule has 1 heterocycles. The van der Waals surface area contributed by atoms with Crippen LogP contribution in [0.3, 0.4) is 0 Å². The van der Waals surface area contributed by atoms with Gasteiger partial charge in [0.05, 0.1) is 0 Å². The van der Waals surface area contributed by atoms with Gasteiger partial charge in [0.1, 0.15) is 0 Å². The summed E-state index contributed by atoms with van der Waals surface area (Å²) in [6.07, 6.45) is 1.32. The molecule has 0 radical (unpaired) electrons.